The fraction of sp³-hybridized carbons (Fsp3) is 0.750. The maximum Gasteiger partial charge on any atom is 0.0200 e. The lowest BCUT2D eigenvalue weighted by Gasteiger charge is -2.60. The third-order valence-corrected chi connectivity index (χ3v) is 8.03. The van der Waals surface area contributed by atoms with Crippen molar-refractivity contribution < 1.29 is 0 Å². The van der Waals surface area contributed by atoms with Crippen molar-refractivity contribution >= 4 is 11.8 Å². The number of rotatable bonds is 12. The van der Waals surface area contributed by atoms with Gasteiger partial charge in [-0.2, -0.15) is 11.8 Å². The Morgan fingerprint density at radius 2 is 2.00 bits per heavy atom. The average Bonchev–Trinajstić information content (AvgIpc) is 2.69. The predicted octanol–water partition coefficient (Wildman–Crippen LogP) is 4.99. The van der Waals surface area contributed by atoms with E-state index >= 15 is 0 Å². The van der Waals surface area contributed by atoms with Gasteiger partial charge in [-0.3, -0.25) is 0 Å². The Morgan fingerprint density at radius 1 is 1.19 bits per heavy atom. The molecule has 0 saturated heterocycles. The molecule has 0 heterocycles. The van der Waals surface area contributed by atoms with E-state index in [1.165, 1.54) is 56.4 Å². The van der Waals surface area contributed by atoms with Crippen molar-refractivity contribution in [2.45, 2.75) is 58.4 Å². The number of fused-ring (bicyclic) bond motifs is 2. The van der Waals surface area contributed by atoms with E-state index in [0.29, 0.717) is 11.5 Å². The summed E-state index contributed by atoms with van der Waals surface area (Å²) in [4.78, 5) is 0. The topological polar surface area (TPSA) is 24.1 Å². The summed E-state index contributed by atoms with van der Waals surface area (Å²) in [6.07, 6.45) is 10.3. The Balaban J connectivity index is 1.35. The summed E-state index contributed by atoms with van der Waals surface area (Å²) < 4.78 is 0. The Labute approximate surface area is 171 Å². The molecule has 1 aromatic carbocycles. The van der Waals surface area contributed by atoms with Gasteiger partial charge in [0.1, 0.15) is 0 Å². The molecule has 0 spiro atoms. The predicted molar refractivity (Wildman–Crippen MR) is 121 cm³/mol. The molecule has 0 radical (unpaired) electrons. The smallest absolute Gasteiger partial charge is 0.0200 e. The minimum absolute atomic E-state index is 0.610. The first-order valence-electron chi connectivity index (χ1n) is 11.1. The van der Waals surface area contributed by atoms with E-state index in [-0.39, 0.29) is 0 Å². The maximum absolute atomic E-state index is 3.84. The SMILES string of the molecule is CSCCC(CNCC1CCC2CC1C2(C)C)NCCCc1ccccc1. The molecule has 3 aliphatic carbocycles. The van der Waals surface area contributed by atoms with Crippen LogP contribution in [0.2, 0.25) is 0 Å². The van der Waals surface area contributed by atoms with E-state index in [0.717, 1.165) is 30.8 Å². The second-order valence-electron chi connectivity index (χ2n) is 9.38. The van der Waals surface area contributed by atoms with Crippen LogP contribution in [0.25, 0.3) is 0 Å². The van der Waals surface area contributed by atoms with Gasteiger partial charge >= 0.3 is 0 Å². The number of nitrogens with one attached hydrogen (secondary N) is 2. The highest BCUT2D eigenvalue weighted by Crippen LogP contribution is 2.61. The van der Waals surface area contributed by atoms with Crippen molar-refractivity contribution in [1.82, 2.24) is 10.6 Å². The summed E-state index contributed by atoms with van der Waals surface area (Å²) in [6, 6.07) is 11.5. The molecule has 1 aromatic rings. The minimum atomic E-state index is 0.610. The molecule has 152 valence electrons. The molecule has 3 aliphatic rings. The fourth-order valence-corrected chi connectivity index (χ4v) is 5.95. The Bertz CT molecular complexity index is 543. The van der Waals surface area contributed by atoms with E-state index < -0.39 is 0 Å². The highest BCUT2D eigenvalue weighted by molar-refractivity contribution is 7.98. The molecule has 4 rings (SSSR count). The van der Waals surface area contributed by atoms with Crippen LogP contribution < -0.4 is 10.6 Å². The van der Waals surface area contributed by atoms with Crippen LogP contribution in [0.1, 0.15) is 51.5 Å². The molecule has 4 unspecified atom stereocenters. The van der Waals surface area contributed by atoms with E-state index in [1.54, 1.807) is 0 Å². The Kier molecular flexibility index (Phi) is 8.10. The van der Waals surface area contributed by atoms with E-state index in [2.05, 4.69) is 61.1 Å². The second-order valence-corrected chi connectivity index (χ2v) is 10.4. The first kappa shape index (κ1) is 21.2. The van der Waals surface area contributed by atoms with Crippen LogP contribution in [-0.2, 0) is 6.42 Å². The van der Waals surface area contributed by atoms with Crippen LogP contribution in [0.3, 0.4) is 0 Å². The largest absolute Gasteiger partial charge is 0.315 e. The van der Waals surface area contributed by atoms with Crippen molar-refractivity contribution in [3.63, 3.8) is 0 Å². The molecular formula is C24H40N2S. The van der Waals surface area contributed by atoms with Gasteiger partial charge < -0.3 is 10.6 Å². The van der Waals surface area contributed by atoms with E-state index in [4.69, 9.17) is 0 Å². The number of aryl methyl sites for hydroxylation is 1. The Hall–Kier alpha value is -0.510. The zero-order valence-corrected chi connectivity index (χ0v) is 18.5. The van der Waals surface area contributed by atoms with Crippen molar-refractivity contribution in [1.29, 1.82) is 0 Å². The zero-order chi connectivity index (χ0) is 19.1. The van der Waals surface area contributed by atoms with Gasteiger partial charge in [-0.15, -0.1) is 0 Å². The third kappa shape index (κ3) is 5.74. The maximum atomic E-state index is 3.84. The van der Waals surface area contributed by atoms with Crippen LogP contribution in [0.5, 0.6) is 0 Å². The number of hydrogen-bond acceptors (Lipinski definition) is 3. The summed E-state index contributed by atoms with van der Waals surface area (Å²) in [5.74, 6) is 4.13. The molecule has 0 aromatic heterocycles. The van der Waals surface area contributed by atoms with Gasteiger partial charge in [-0.25, -0.2) is 0 Å². The Morgan fingerprint density at radius 3 is 2.70 bits per heavy atom. The lowest BCUT2D eigenvalue weighted by molar-refractivity contribution is -0.103. The molecule has 3 fully saturated rings. The summed E-state index contributed by atoms with van der Waals surface area (Å²) in [5, 5.41) is 7.67. The van der Waals surface area contributed by atoms with Gasteiger partial charge in [0.15, 0.2) is 0 Å². The normalized spacial score (nSPS) is 27.1. The molecule has 2 N–H and O–H groups in total. The molecule has 0 amide bonds. The van der Waals surface area contributed by atoms with Crippen LogP contribution in [-0.4, -0.2) is 37.7 Å². The van der Waals surface area contributed by atoms with Gasteiger partial charge in [0.2, 0.25) is 0 Å². The summed E-state index contributed by atoms with van der Waals surface area (Å²) in [6.45, 7) is 8.48. The van der Waals surface area contributed by atoms with Gasteiger partial charge in [0.25, 0.3) is 0 Å². The molecule has 27 heavy (non-hydrogen) atoms. The first-order valence-corrected chi connectivity index (χ1v) is 12.5. The number of thioether (sulfide) groups is 1. The standard InChI is InChI=1S/C24H40N2S/c1-24(2)21-12-11-20(23(24)16-21)17-25-18-22(13-15-27-3)26-14-7-10-19-8-5-4-6-9-19/h4-6,8-9,20-23,25-26H,7,10-18H2,1-3H3. The van der Waals surface area contributed by atoms with Crippen molar-refractivity contribution in [2.24, 2.45) is 23.2 Å². The quantitative estimate of drug-likeness (QED) is 0.493. The van der Waals surface area contributed by atoms with Gasteiger partial charge in [-0.05, 0) is 92.4 Å². The monoisotopic (exact) mass is 388 g/mol. The van der Waals surface area contributed by atoms with Crippen molar-refractivity contribution in [3.05, 3.63) is 35.9 Å². The lowest BCUT2D eigenvalue weighted by atomic mass is 9.45. The lowest BCUT2D eigenvalue weighted by Crippen LogP contribution is -2.54. The van der Waals surface area contributed by atoms with E-state index in [9.17, 15) is 0 Å². The van der Waals surface area contributed by atoms with Gasteiger partial charge in [-0.1, -0.05) is 44.2 Å². The summed E-state index contributed by atoms with van der Waals surface area (Å²) >= 11 is 1.97. The third-order valence-electron chi connectivity index (χ3n) is 7.39. The van der Waals surface area contributed by atoms with Crippen LogP contribution in [0.15, 0.2) is 30.3 Å². The molecule has 2 nitrogen and oxygen atoms in total. The molecule has 4 atom stereocenters. The van der Waals surface area contributed by atoms with Gasteiger partial charge in [0.05, 0.1) is 0 Å². The molecule has 3 saturated carbocycles. The zero-order valence-electron chi connectivity index (χ0n) is 17.7. The van der Waals surface area contributed by atoms with Gasteiger partial charge in [0, 0.05) is 12.6 Å². The van der Waals surface area contributed by atoms with Crippen molar-refractivity contribution in [2.75, 3.05) is 31.6 Å². The highest BCUT2D eigenvalue weighted by Gasteiger charge is 2.53. The van der Waals surface area contributed by atoms with Crippen molar-refractivity contribution in [3.8, 4) is 0 Å². The average molecular weight is 389 g/mol. The first-order chi connectivity index (χ1) is 13.1. The summed E-state index contributed by atoms with van der Waals surface area (Å²) in [5.41, 5.74) is 2.07. The van der Waals surface area contributed by atoms with Crippen LogP contribution in [0.4, 0.5) is 0 Å². The summed E-state index contributed by atoms with van der Waals surface area (Å²) in [7, 11) is 0. The number of hydrogen-bond donors (Lipinski definition) is 2. The molecule has 0 aliphatic heterocycles. The van der Waals surface area contributed by atoms with Crippen LogP contribution in [0, 0.1) is 23.2 Å². The highest BCUT2D eigenvalue weighted by atomic mass is 32.2. The second kappa shape index (κ2) is 10.3. The molecule has 2 bridgehead atoms. The van der Waals surface area contributed by atoms with E-state index in [1.807, 2.05) is 11.8 Å². The minimum Gasteiger partial charge on any atom is -0.315 e. The van der Waals surface area contributed by atoms with Crippen LogP contribution >= 0.6 is 11.8 Å². The molecular weight excluding hydrogens is 348 g/mol. The fourth-order valence-electron chi connectivity index (χ4n) is 5.43. The number of benzene rings is 1. The molecule has 3 heteroatoms.